The summed E-state index contributed by atoms with van der Waals surface area (Å²) in [6.45, 7) is 0. The van der Waals surface area contributed by atoms with Crippen LogP contribution in [-0.2, 0) is 5.61 Å². The zero-order valence-electron chi connectivity index (χ0n) is 15.9. The molecule has 0 saturated heterocycles. The topological polar surface area (TPSA) is 0 Å². The van der Waals surface area contributed by atoms with Gasteiger partial charge < -0.3 is 0 Å². The zero-order valence-corrected chi connectivity index (χ0v) is 24.2. The molecule has 0 radical (unpaired) electrons. The Kier molecular flexibility index (Phi) is 9.40. The summed E-state index contributed by atoms with van der Waals surface area (Å²) in [5, 5.41) is 5.55. The molecule has 4 aromatic rings. The summed E-state index contributed by atoms with van der Waals surface area (Å²) in [6.07, 6.45) is 0. The molecule has 0 fully saturated rings. The van der Waals surface area contributed by atoms with Crippen molar-refractivity contribution in [3.63, 3.8) is 0 Å². The Morgan fingerprint density at radius 1 is 0.367 bits per heavy atom. The van der Waals surface area contributed by atoms with Gasteiger partial charge in [0.1, 0.15) is 28.5 Å². The fraction of sp³-hybridized carbons (Fsp3) is 0. The molecule has 0 aliphatic rings. The summed E-state index contributed by atoms with van der Waals surface area (Å²) >= 11 is 13.0. The Bertz CT molecular complexity index is 855. The molecule has 0 amide bonds. The van der Waals surface area contributed by atoms with Crippen molar-refractivity contribution in [2.24, 2.45) is 0 Å². The molecule has 0 N–H and O–H groups in total. The van der Waals surface area contributed by atoms with E-state index in [4.69, 9.17) is 0 Å². The van der Waals surface area contributed by atoms with Gasteiger partial charge in [0.2, 0.25) is 0 Å². The van der Waals surface area contributed by atoms with Gasteiger partial charge in [-0.1, -0.05) is 72.8 Å². The van der Waals surface area contributed by atoms with Crippen molar-refractivity contribution >= 4 is 84.9 Å². The third-order valence-electron chi connectivity index (χ3n) is 4.57. The predicted octanol–water partition coefficient (Wildman–Crippen LogP) is 7.69. The Morgan fingerprint density at radius 3 is 0.700 bits per heavy atom. The molecule has 0 bridgehead atoms. The van der Waals surface area contributed by atoms with Gasteiger partial charge in [-0.25, -0.2) is 0 Å². The van der Waals surface area contributed by atoms with Crippen molar-refractivity contribution in [1.82, 2.24) is 0 Å². The van der Waals surface area contributed by atoms with E-state index < -0.39 is 12.9 Å². The van der Waals surface area contributed by atoms with Gasteiger partial charge in [0.15, 0.2) is 0 Å². The Morgan fingerprint density at radius 2 is 0.533 bits per heavy atom. The van der Waals surface area contributed by atoms with E-state index in [1.165, 1.54) is 21.2 Å². The molecule has 0 aromatic heterocycles. The van der Waals surface area contributed by atoms with Gasteiger partial charge in [0.25, 0.3) is 0 Å². The van der Waals surface area contributed by atoms with E-state index in [2.05, 4.69) is 178 Å². The summed E-state index contributed by atoms with van der Waals surface area (Å²) in [4.78, 5) is 0. The number of halogens is 4. The van der Waals surface area contributed by atoms with E-state index >= 15 is 0 Å². The van der Waals surface area contributed by atoms with Gasteiger partial charge in [-0.15, -0.1) is 0 Å². The molecule has 0 spiro atoms. The minimum atomic E-state index is -1.91. The Labute approximate surface area is 209 Å². The van der Waals surface area contributed by atoms with Crippen LogP contribution in [0.2, 0.25) is 0 Å². The Balaban J connectivity index is 0.000000461. The fourth-order valence-corrected chi connectivity index (χ4v) is 7.77. The second-order valence-corrected chi connectivity index (χ2v) is 43.2. The van der Waals surface area contributed by atoms with Crippen molar-refractivity contribution in [1.29, 1.82) is 0 Å². The molecular formula is C24H20Br4FeP. The van der Waals surface area contributed by atoms with Gasteiger partial charge in [0, 0.05) is 0 Å². The molecule has 4 rings (SSSR count). The molecule has 157 valence electrons. The first-order valence-electron chi connectivity index (χ1n) is 9.07. The summed E-state index contributed by atoms with van der Waals surface area (Å²) in [5.41, 5.74) is -1.25. The van der Waals surface area contributed by atoms with Crippen LogP contribution in [0.3, 0.4) is 0 Å². The maximum absolute atomic E-state index is 3.25. The van der Waals surface area contributed by atoms with Crippen molar-refractivity contribution in [2.75, 3.05) is 0 Å². The third-order valence-corrected chi connectivity index (χ3v) is 8.86. The second kappa shape index (κ2) is 11.6. The van der Waals surface area contributed by atoms with Crippen LogP contribution in [0.4, 0.5) is 0 Å². The monoisotopic (exact) mass is 711 g/mol. The molecule has 0 unspecified atom stereocenters. The van der Waals surface area contributed by atoms with Crippen molar-refractivity contribution < 1.29 is 5.61 Å². The van der Waals surface area contributed by atoms with Crippen LogP contribution in [0.15, 0.2) is 121 Å². The zero-order chi connectivity index (χ0) is 21.5. The number of hydrogen-bond acceptors (Lipinski definition) is 0. The van der Waals surface area contributed by atoms with Crippen molar-refractivity contribution in [2.45, 2.75) is 0 Å². The van der Waals surface area contributed by atoms with Crippen molar-refractivity contribution in [3.05, 3.63) is 121 Å². The van der Waals surface area contributed by atoms with E-state index in [1.54, 1.807) is 0 Å². The SMILES string of the molecule is [Br][Fe-]([Br])([Br])[Br].c1ccc([P+](c2ccccc2)(c2ccccc2)c2ccccc2)cc1. The molecule has 0 nitrogen and oxygen atoms in total. The van der Waals surface area contributed by atoms with Gasteiger partial charge >= 0.3 is 62.1 Å². The maximum Gasteiger partial charge on any atom is 0.144 e. The van der Waals surface area contributed by atoms with Crippen molar-refractivity contribution in [3.8, 4) is 0 Å². The van der Waals surface area contributed by atoms with Crippen LogP contribution in [0, 0.1) is 0 Å². The maximum atomic E-state index is 3.25. The molecule has 0 heterocycles. The molecule has 0 saturated carbocycles. The molecule has 6 heteroatoms. The number of rotatable bonds is 4. The minimum absolute atomic E-state index is 1.25. The minimum Gasteiger partial charge on any atom is -0.0620 e. The summed E-state index contributed by atoms with van der Waals surface area (Å²) in [7, 11) is -1.91. The third kappa shape index (κ3) is 6.39. The van der Waals surface area contributed by atoms with E-state index in [0.717, 1.165) is 0 Å². The number of benzene rings is 4. The normalized spacial score (nSPS) is 11.9. The summed E-state index contributed by atoms with van der Waals surface area (Å²) in [6, 6.07) is 43.8. The van der Waals surface area contributed by atoms with Gasteiger partial charge in [-0.05, 0) is 48.5 Å². The standard InChI is InChI=1S/C24H20P.4BrH.Fe/c1-5-13-21(14-6-1)25(22-15-7-2-8-16-22,23-17-9-3-10-18-23)24-19-11-4-12-20-24;;;;;/h1-20H;4*1H;/q+1;;;;;+3/p-4. The quantitative estimate of drug-likeness (QED) is 0.150. The van der Waals surface area contributed by atoms with E-state index in [-0.39, 0.29) is 0 Å². The molecular weight excluding hydrogens is 695 g/mol. The summed E-state index contributed by atoms with van der Waals surface area (Å²) in [5.74, 6) is 0. The van der Waals surface area contributed by atoms with E-state index in [9.17, 15) is 0 Å². The fourth-order valence-electron chi connectivity index (χ4n) is 3.50. The van der Waals surface area contributed by atoms with Crippen LogP contribution in [0.25, 0.3) is 0 Å². The molecule has 0 aliphatic heterocycles. The smallest absolute Gasteiger partial charge is 0.0620 e. The summed E-state index contributed by atoms with van der Waals surface area (Å²) < 4.78 is 0. The average molecular weight is 715 g/mol. The van der Waals surface area contributed by atoms with Crippen LogP contribution in [0.1, 0.15) is 0 Å². The molecule has 0 aliphatic carbocycles. The first-order chi connectivity index (χ1) is 14.4. The largest absolute Gasteiger partial charge is 0.144 e. The van der Waals surface area contributed by atoms with E-state index in [0.29, 0.717) is 0 Å². The van der Waals surface area contributed by atoms with Crippen LogP contribution >= 0.6 is 63.7 Å². The molecule has 30 heavy (non-hydrogen) atoms. The first kappa shape index (κ1) is 24.4. The van der Waals surface area contributed by atoms with E-state index in [1.807, 2.05) is 0 Å². The second-order valence-electron chi connectivity index (χ2n) is 6.32. The van der Waals surface area contributed by atoms with Crippen LogP contribution in [0.5, 0.6) is 0 Å². The average Bonchev–Trinajstić information content (AvgIpc) is 2.76. The van der Waals surface area contributed by atoms with Crippen LogP contribution < -0.4 is 21.2 Å². The van der Waals surface area contributed by atoms with Gasteiger partial charge in [-0.2, -0.15) is 0 Å². The molecule has 0 atom stereocenters. The predicted molar refractivity (Wildman–Crippen MR) is 147 cm³/mol. The van der Waals surface area contributed by atoms with Crippen LogP contribution in [-0.4, -0.2) is 0 Å². The molecule has 4 aromatic carbocycles. The van der Waals surface area contributed by atoms with Gasteiger partial charge in [0.05, 0.1) is 0 Å². The Hall–Kier alpha value is -0.251. The first-order valence-corrected chi connectivity index (χ1v) is 21.8. The van der Waals surface area contributed by atoms with Gasteiger partial charge in [-0.3, -0.25) is 0 Å². The number of hydrogen-bond donors (Lipinski definition) is 0.